The third-order valence-electron chi connectivity index (χ3n) is 5.81. The second-order valence-corrected chi connectivity index (χ2v) is 7.30. The Balaban J connectivity index is 1.85. The van der Waals surface area contributed by atoms with Crippen LogP contribution >= 0.6 is 0 Å². The van der Waals surface area contributed by atoms with Crippen molar-refractivity contribution in [3.63, 3.8) is 0 Å². The van der Waals surface area contributed by atoms with Crippen molar-refractivity contribution in [3.05, 3.63) is 0 Å². The third kappa shape index (κ3) is 4.21. The summed E-state index contributed by atoms with van der Waals surface area (Å²) in [7, 11) is 0. The number of nitrogens with two attached hydrogens (primary N) is 1. The average Bonchev–Trinajstić information content (AvgIpc) is 2.50. The van der Waals surface area contributed by atoms with Crippen LogP contribution in [0.2, 0.25) is 0 Å². The van der Waals surface area contributed by atoms with Crippen LogP contribution in [0.15, 0.2) is 0 Å². The monoisotopic (exact) mass is 281 g/mol. The van der Waals surface area contributed by atoms with E-state index in [1.165, 1.54) is 70.6 Å². The zero-order valence-corrected chi connectivity index (χ0v) is 13.7. The van der Waals surface area contributed by atoms with Crippen molar-refractivity contribution in [1.82, 2.24) is 0 Å². The smallest absolute Gasteiger partial charge is 0.0808 e. The molecule has 0 bridgehead atoms. The highest BCUT2D eigenvalue weighted by atomic mass is 16.5. The van der Waals surface area contributed by atoms with Gasteiger partial charge in [-0.25, -0.2) is 0 Å². The zero-order valence-electron chi connectivity index (χ0n) is 13.7. The second kappa shape index (κ2) is 7.79. The van der Waals surface area contributed by atoms with Crippen molar-refractivity contribution in [2.24, 2.45) is 17.6 Å². The summed E-state index contributed by atoms with van der Waals surface area (Å²) in [6.07, 6.45) is 14.9. The van der Waals surface area contributed by atoms with E-state index >= 15 is 0 Å². The van der Waals surface area contributed by atoms with Crippen LogP contribution in [-0.4, -0.2) is 18.2 Å². The highest BCUT2D eigenvalue weighted by Gasteiger charge is 2.37. The van der Waals surface area contributed by atoms with Crippen LogP contribution in [0.3, 0.4) is 0 Å². The molecule has 2 unspecified atom stereocenters. The Labute approximate surface area is 125 Å². The lowest BCUT2D eigenvalue weighted by molar-refractivity contribution is -0.129. The Morgan fingerprint density at radius 3 is 2.40 bits per heavy atom. The predicted octanol–water partition coefficient (Wildman–Crippen LogP) is 4.66. The summed E-state index contributed by atoms with van der Waals surface area (Å²) in [5.41, 5.74) is 6.14. The van der Waals surface area contributed by atoms with Gasteiger partial charge in [-0.15, -0.1) is 0 Å². The van der Waals surface area contributed by atoms with Crippen molar-refractivity contribution in [3.8, 4) is 0 Å². The highest BCUT2D eigenvalue weighted by molar-refractivity contribution is 4.90. The van der Waals surface area contributed by atoms with Crippen molar-refractivity contribution < 1.29 is 4.74 Å². The first-order valence-corrected chi connectivity index (χ1v) is 9.09. The minimum Gasteiger partial charge on any atom is -0.370 e. The highest BCUT2D eigenvalue weighted by Crippen LogP contribution is 2.39. The van der Waals surface area contributed by atoms with Crippen molar-refractivity contribution in [2.45, 2.75) is 96.2 Å². The summed E-state index contributed by atoms with van der Waals surface area (Å²) in [5, 5.41) is 0. The van der Waals surface area contributed by atoms with E-state index in [9.17, 15) is 0 Å². The molecule has 0 aromatic rings. The third-order valence-corrected chi connectivity index (χ3v) is 5.81. The molecule has 2 saturated carbocycles. The van der Waals surface area contributed by atoms with Crippen molar-refractivity contribution in [1.29, 1.82) is 0 Å². The SMILES string of the molecule is CCCC1CCC(CN)(OC2CCCC(CC)C2)CC1. The van der Waals surface area contributed by atoms with Gasteiger partial charge in [0.2, 0.25) is 0 Å². The van der Waals surface area contributed by atoms with E-state index in [4.69, 9.17) is 10.5 Å². The molecular formula is C18H35NO. The van der Waals surface area contributed by atoms with Gasteiger partial charge in [0, 0.05) is 6.54 Å². The first-order valence-electron chi connectivity index (χ1n) is 9.09. The van der Waals surface area contributed by atoms with Gasteiger partial charge < -0.3 is 10.5 Å². The zero-order chi connectivity index (χ0) is 14.4. The van der Waals surface area contributed by atoms with Gasteiger partial charge in [-0.05, 0) is 50.4 Å². The van der Waals surface area contributed by atoms with Crippen LogP contribution < -0.4 is 5.73 Å². The molecule has 0 amide bonds. The molecule has 0 spiro atoms. The molecule has 2 fully saturated rings. The van der Waals surface area contributed by atoms with E-state index in [1.54, 1.807) is 0 Å². The van der Waals surface area contributed by atoms with Gasteiger partial charge in [0.1, 0.15) is 0 Å². The molecule has 0 radical (unpaired) electrons. The summed E-state index contributed by atoms with van der Waals surface area (Å²) in [5.74, 6) is 1.82. The van der Waals surface area contributed by atoms with E-state index in [0.717, 1.165) is 18.4 Å². The summed E-state index contributed by atoms with van der Waals surface area (Å²) < 4.78 is 6.60. The minimum absolute atomic E-state index is 0.0184. The standard InChI is InChI=1S/C18H35NO/c1-3-6-16-9-11-18(14-19,12-10-16)20-17-8-5-7-15(4-2)13-17/h15-17H,3-14,19H2,1-2H3. The second-order valence-electron chi connectivity index (χ2n) is 7.30. The maximum Gasteiger partial charge on any atom is 0.0808 e. The molecule has 2 N–H and O–H groups in total. The lowest BCUT2D eigenvalue weighted by Gasteiger charge is -2.43. The maximum absolute atomic E-state index is 6.60. The number of rotatable bonds is 6. The number of ether oxygens (including phenoxy) is 1. The fourth-order valence-corrected chi connectivity index (χ4v) is 4.34. The maximum atomic E-state index is 6.60. The summed E-state index contributed by atoms with van der Waals surface area (Å²) in [6, 6.07) is 0. The molecule has 2 aliphatic rings. The Morgan fingerprint density at radius 1 is 1.05 bits per heavy atom. The van der Waals surface area contributed by atoms with E-state index < -0.39 is 0 Å². The molecule has 0 saturated heterocycles. The fourth-order valence-electron chi connectivity index (χ4n) is 4.34. The van der Waals surface area contributed by atoms with Gasteiger partial charge in [-0.3, -0.25) is 0 Å². The van der Waals surface area contributed by atoms with Crippen LogP contribution in [0.25, 0.3) is 0 Å². The summed E-state index contributed by atoms with van der Waals surface area (Å²) in [4.78, 5) is 0. The van der Waals surface area contributed by atoms with E-state index in [-0.39, 0.29) is 5.60 Å². The summed E-state index contributed by atoms with van der Waals surface area (Å²) in [6.45, 7) is 5.34. The van der Waals surface area contributed by atoms with Gasteiger partial charge in [0.25, 0.3) is 0 Å². The van der Waals surface area contributed by atoms with E-state index in [1.807, 2.05) is 0 Å². The van der Waals surface area contributed by atoms with Crippen molar-refractivity contribution >= 4 is 0 Å². The van der Waals surface area contributed by atoms with Gasteiger partial charge in [-0.2, -0.15) is 0 Å². The Kier molecular flexibility index (Phi) is 6.35. The van der Waals surface area contributed by atoms with E-state index in [0.29, 0.717) is 6.10 Å². The minimum atomic E-state index is 0.0184. The predicted molar refractivity (Wildman–Crippen MR) is 85.8 cm³/mol. The quantitative estimate of drug-likeness (QED) is 0.768. The van der Waals surface area contributed by atoms with Crippen LogP contribution in [0.4, 0.5) is 0 Å². The van der Waals surface area contributed by atoms with E-state index in [2.05, 4.69) is 13.8 Å². The van der Waals surface area contributed by atoms with Gasteiger partial charge in [0.05, 0.1) is 11.7 Å². The van der Waals surface area contributed by atoms with Gasteiger partial charge >= 0.3 is 0 Å². The van der Waals surface area contributed by atoms with Crippen LogP contribution in [-0.2, 0) is 4.74 Å². The first kappa shape index (κ1) is 16.3. The number of hydrogen-bond acceptors (Lipinski definition) is 2. The molecule has 0 aromatic carbocycles. The number of hydrogen-bond donors (Lipinski definition) is 1. The lowest BCUT2D eigenvalue weighted by Crippen LogP contribution is -2.47. The lowest BCUT2D eigenvalue weighted by atomic mass is 9.76. The van der Waals surface area contributed by atoms with Gasteiger partial charge in [-0.1, -0.05) is 46.0 Å². The largest absolute Gasteiger partial charge is 0.370 e. The van der Waals surface area contributed by atoms with Gasteiger partial charge in [0.15, 0.2) is 0 Å². The molecule has 2 heteroatoms. The molecule has 0 heterocycles. The van der Waals surface area contributed by atoms with Crippen LogP contribution in [0, 0.1) is 11.8 Å². The molecular weight excluding hydrogens is 246 g/mol. The molecule has 2 aliphatic carbocycles. The first-order chi connectivity index (χ1) is 9.71. The molecule has 118 valence electrons. The molecule has 0 aliphatic heterocycles. The topological polar surface area (TPSA) is 35.2 Å². The molecule has 2 nitrogen and oxygen atoms in total. The van der Waals surface area contributed by atoms with Crippen molar-refractivity contribution in [2.75, 3.05) is 6.54 Å². The molecule has 2 rings (SSSR count). The summed E-state index contributed by atoms with van der Waals surface area (Å²) >= 11 is 0. The Hall–Kier alpha value is -0.0800. The average molecular weight is 281 g/mol. The van der Waals surface area contributed by atoms with Crippen LogP contribution in [0.1, 0.15) is 84.5 Å². The molecule has 0 aromatic heterocycles. The fraction of sp³-hybridized carbons (Fsp3) is 1.00. The molecule has 20 heavy (non-hydrogen) atoms. The van der Waals surface area contributed by atoms with Crippen LogP contribution in [0.5, 0.6) is 0 Å². The molecule has 2 atom stereocenters. The Bertz CT molecular complexity index is 271. The Morgan fingerprint density at radius 2 is 1.80 bits per heavy atom. The normalized spacial score (nSPS) is 38.9.